The Morgan fingerprint density at radius 1 is 1.23 bits per heavy atom. The van der Waals surface area contributed by atoms with Crippen LogP contribution in [0.1, 0.15) is 36.8 Å². The third kappa shape index (κ3) is 4.75. The van der Waals surface area contributed by atoms with Gasteiger partial charge in [0.15, 0.2) is 6.61 Å². The number of hydrogen-bond donors (Lipinski definition) is 1. The number of piperidine rings is 1. The first-order valence-corrected chi connectivity index (χ1v) is 9.43. The van der Waals surface area contributed by atoms with Crippen molar-refractivity contribution >= 4 is 11.8 Å². The van der Waals surface area contributed by atoms with E-state index in [1.54, 1.807) is 0 Å². The van der Waals surface area contributed by atoms with E-state index in [-0.39, 0.29) is 30.6 Å². The largest absolute Gasteiger partial charge is 0.484 e. The number of benzene rings is 1. The summed E-state index contributed by atoms with van der Waals surface area (Å²) >= 11 is 0. The second-order valence-corrected chi connectivity index (χ2v) is 7.22. The van der Waals surface area contributed by atoms with Crippen molar-refractivity contribution in [1.82, 2.24) is 10.2 Å². The molecule has 2 amide bonds. The summed E-state index contributed by atoms with van der Waals surface area (Å²) in [6.07, 6.45) is 3.01. The molecule has 1 aromatic carbocycles. The zero-order valence-electron chi connectivity index (χ0n) is 15.6. The average molecular weight is 360 g/mol. The number of amides is 2. The number of likely N-dealkylation sites (tertiary alicyclic amines) is 1. The number of rotatable bonds is 5. The van der Waals surface area contributed by atoms with Crippen LogP contribution in [0, 0.1) is 13.8 Å². The van der Waals surface area contributed by atoms with Crippen LogP contribution in [0.4, 0.5) is 0 Å². The Labute approximate surface area is 154 Å². The van der Waals surface area contributed by atoms with Crippen LogP contribution in [0.5, 0.6) is 5.75 Å². The number of carbonyl (C=O) groups excluding carboxylic acids is 2. The first-order chi connectivity index (χ1) is 12.5. The summed E-state index contributed by atoms with van der Waals surface area (Å²) in [7, 11) is 0. The molecule has 26 heavy (non-hydrogen) atoms. The third-order valence-corrected chi connectivity index (χ3v) is 5.10. The molecule has 2 heterocycles. The number of aryl methyl sites for hydroxylation is 2. The van der Waals surface area contributed by atoms with E-state index in [1.807, 2.05) is 36.9 Å². The molecule has 0 bridgehead atoms. The third-order valence-electron chi connectivity index (χ3n) is 5.10. The highest BCUT2D eigenvalue weighted by molar-refractivity contribution is 5.81. The lowest BCUT2D eigenvalue weighted by Gasteiger charge is -2.32. The maximum atomic E-state index is 12.4. The van der Waals surface area contributed by atoms with E-state index in [9.17, 15) is 9.59 Å². The fraction of sp³-hybridized carbons (Fsp3) is 0.600. The van der Waals surface area contributed by atoms with Crippen molar-refractivity contribution in [3.05, 3.63) is 29.3 Å². The topological polar surface area (TPSA) is 67.9 Å². The quantitative estimate of drug-likeness (QED) is 0.872. The molecule has 0 saturated carbocycles. The molecule has 3 rings (SSSR count). The van der Waals surface area contributed by atoms with Crippen molar-refractivity contribution in [1.29, 1.82) is 0 Å². The van der Waals surface area contributed by atoms with Crippen LogP contribution in [0.15, 0.2) is 18.2 Å². The van der Waals surface area contributed by atoms with Crippen molar-refractivity contribution in [3.63, 3.8) is 0 Å². The second kappa shape index (κ2) is 8.54. The lowest BCUT2D eigenvalue weighted by molar-refractivity contribution is -0.135. The normalized spacial score (nSPS) is 20.8. The van der Waals surface area contributed by atoms with Gasteiger partial charge >= 0.3 is 0 Å². The summed E-state index contributed by atoms with van der Waals surface area (Å²) in [6, 6.07) is 6.05. The summed E-state index contributed by atoms with van der Waals surface area (Å²) < 4.78 is 11.1. The van der Waals surface area contributed by atoms with Gasteiger partial charge in [-0.2, -0.15) is 0 Å². The Hall–Kier alpha value is -2.08. The zero-order chi connectivity index (χ0) is 18.5. The highest BCUT2D eigenvalue weighted by atomic mass is 16.5. The minimum Gasteiger partial charge on any atom is -0.484 e. The molecule has 0 spiro atoms. The van der Waals surface area contributed by atoms with Crippen LogP contribution in [0.3, 0.4) is 0 Å². The van der Waals surface area contributed by atoms with Crippen LogP contribution >= 0.6 is 0 Å². The molecule has 1 atom stereocenters. The van der Waals surface area contributed by atoms with Crippen LogP contribution in [0.25, 0.3) is 0 Å². The number of hydrogen-bond acceptors (Lipinski definition) is 4. The molecule has 1 unspecified atom stereocenters. The standard InChI is InChI=1S/C20H28N2O4/c1-14-5-6-17(15(2)12-14)26-13-19(23)22-9-7-16(8-10-22)21-20(24)18-4-3-11-25-18/h5-6,12,16,18H,3-4,7-11,13H2,1-2H3,(H,21,24). The molecule has 1 aromatic rings. The highest BCUT2D eigenvalue weighted by Gasteiger charge is 2.28. The Bertz CT molecular complexity index is 647. The SMILES string of the molecule is Cc1ccc(OCC(=O)N2CCC(NC(=O)C3CCCO3)CC2)c(C)c1. The fourth-order valence-corrected chi connectivity index (χ4v) is 3.54. The van der Waals surface area contributed by atoms with Crippen LogP contribution < -0.4 is 10.1 Å². The molecular formula is C20H28N2O4. The van der Waals surface area contributed by atoms with E-state index < -0.39 is 0 Å². The van der Waals surface area contributed by atoms with Crippen LogP contribution in [-0.2, 0) is 14.3 Å². The number of nitrogens with zero attached hydrogens (tertiary/aromatic N) is 1. The van der Waals surface area contributed by atoms with Gasteiger partial charge in [-0.3, -0.25) is 9.59 Å². The maximum absolute atomic E-state index is 12.4. The fourth-order valence-electron chi connectivity index (χ4n) is 3.54. The van der Waals surface area contributed by atoms with Gasteiger partial charge in [-0.25, -0.2) is 0 Å². The minimum absolute atomic E-state index is 0.00567. The maximum Gasteiger partial charge on any atom is 0.260 e. The van der Waals surface area contributed by atoms with Gasteiger partial charge in [0, 0.05) is 25.7 Å². The van der Waals surface area contributed by atoms with E-state index in [2.05, 4.69) is 5.32 Å². The number of carbonyl (C=O) groups is 2. The van der Waals surface area contributed by atoms with E-state index >= 15 is 0 Å². The number of nitrogens with one attached hydrogen (secondary N) is 1. The van der Waals surface area contributed by atoms with E-state index in [4.69, 9.17) is 9.47 Å². The molecule has 2 aliphatic heterocycles. The van der Waals surface area contributed by atoms with Gasteiger partial charge in [-0.1, -0.05) is 17.7 Å². The molecule has 0 aromatic heterocycles. The minimum atomic E-state index is -0.291. The average Bonchev–Trinajstić information content (AvgIpc) is 3.16. The van der Waals surface area contributed by atoms with E-state index in [0.29, 0.717) is 19.7 Å². The van der Waals surface area contributed by atoms with E-state index in [1.165, 1.54) is 5.56 Å². The lowest BCUT2D eigenvalue weighted by Crippen LogP contribution is -2.49. The van der Waals surface area contributed by atoms with Crippen molar-refractivity contribution < 1.29 is 19.1 Å². The Morgan fingerprint density at radius 2 is 2.00 bits per heavy atom. The molecule has 1 N–H and O–H groups in total. The summed E-state index contributed by atoms with van der Waals surface area (Å²) in [5, 5.41) is 3.06. The molecule has 2 aliphatic rings. The summed E-state index contributed by atoms with van der Waals surface area (Å²) in [4.78, 5) is 26.3. The van der Waals surface area contributed by atoms with Crippen molar-refractivity contribution in [2.75, 3.05) is 26.3 Å². The lowest BCUT2D eigenvalue weighted by atomic mass is 10.0. The summed E-state index contributed by atoms with van der Waals surface area (Å²) in [5.74, 6) is 0.738. The first-order valence-electron chi connectivity index (χ1n) is 9.43. The van der Waals surface area contributed by atoms with Gasteiger partial charge in [0.25, 0.3) is 5.91 Å². The van der Waals surface area contributed by atoms with E-state index in [0.717, 1.165) is 37.0 Å². The van der Waals surface area contributed by atoms with Crippen molar-refractivity contribution in [3.8, 4) is 5.75 Å². The monoisotopic (exact) mass is 360 g/mol. The molecule has 142 valence electrons. The zero-order valence-corrected chi connectivity index (χ0v) is 15.6. The molecule has 2 fully saturated rings. The van der Waals surface area contributed by atoms with Crippen molar-refractivity contribution in [2.45, 2.75) is 51.7 Å². The van der Waals surface area contributed by atoms with Gasteiger partial charge in [0.05, 0.1) is 0 Å². The Balaban J connectivity index is 1.41. The van der Waals surface area contributed by atoms with Gasteiger partial charge in [-0.05, 0) is 51.2 Å². The van der Waals surface area contributed by atoms with Gasteiger partial charge in [0.1, 0.15) is 11.9 Å². The van der Waals surface area contributed by atoms with Gasteiger partial charge in [0.2, 0.25) is 5.91 Å². The molecule has 0 aliphatic carbocycles. The Morgan fingerprint density at radius 3 is 2.65 bits per heavy atom. The second-order valence-electron chi connectivity index (χ2n) is 7.22. The highest BCUT2D eigenvalue weighted by Crippen LogP contribution is 2.19. The predicted octanol–water partition coefficient (Wildman–Crippen LogP) is 1.97. The molecule has 2 saturated heterocycles. The van der Waals surface area contributed by atoms with Crippen LogP contribution in [0.2, 0.25) is 0 Å². The molecule has 0 radical (unpaired) electrons. The summed E-state index contributed by atoms with van der Waals surface area (Å²) in [6.45, 7) is 6.03. The summed E-state index contributed by atoms with van der Waals surface area (Å²) in [5.41, 5.74) is 2.21. The predicted molar refractivity (Wildman–Crippen MR) is 98.1 cm³/mol. The molecular weight excluding hydrogens is 332 g/mol. The van der Waals surface area contributed by atoms with Gasteiger partial charge < -0.3 is 19.7 Å². The first kappa shape index (κ1) is 18.7. The number of ether oxygens (including phenoxy) is 2. The Kier molecular flexibility index (Phi) is 6.14. The van der Waals surface area contributed by atoms with Crippen LogP contribution in [-0.4, -0.2) is 55.2 Å². The van der Waals surface area contributed by atoms with Gasteiger partial charge in [-0.15, -0.1) is 0 Å². The molecule has 6 heteroatoms. The van der Waals surface area contributed by atoms with Crippen molar-refractivity contribution in [2.24, 2.45) is 0 Å². The smallest absolute Gasteiger partial charge is 0.260 e. The molecule has 6 nitrogen and oxygen atoms in total.